The van der Waals surface area contributed by atoms with E-state index in [1.807, 2.05) is 13.0 Å². The van der Waals surface area contributed by atoms with Crippen LogP contribution in [0.25, 0.3) is 0 Å². The highest BCUT2D eigenvalue weighted by molar-refractivity contribution is 5.38. The van der Waals surface area contributed by atoms with E-state index in [-0.39, 0.29) is 0 Å². The average Bonchev–Trinajstić information content (AvgIpc) is 3.09. The molecule has 3 rings (SSSR count). The predicted molar refractivity (Wildman–Crippen MR) is 76.1 cm³/mol. The number of aryl methyl sites for hydroxylation is 1. The van der Waals surface area contributed by atoms with Gasteiger partial charge in [0.1, 0.15) is 12.1 Å². The van der Waals surface area contributed by atoms with Crippen molar-refractivity contribution in [3.8, 4) is 5.88 Å². The second-order valence-corrected chi connectivity index (χ2v) is 5.38. The molecule has 7 nitrogen and oxygen atoms in total. The molecule has 0 saturated heterocycles. The summed E-state index contributed by atoms with van der Waals surface area (Å²) in [4.78, 5) is 8.22. The fraction of sp³-hybridized carbons (Fsp3) is 0.571. The van der Waals surface area contributed by atoms with Gasteiger partial charge in [0, 0.05) is 25.5 Å². The predicted octanol–water partition coefficient (Wildman–Crippen LogP) is 2.00. The van der Waals surface area contributed by atoms with Gasteiger partial charge in [-0.15, -0.1) is 10.2 Å². The van der Waals surface area contributed by atoms with E-state index >= 15 is 0 Å². The Bertz CT molecular complexity index is 601. The van der Waals surface area contributed by atoms with Crippen LogP contribution in [0.3, 0.4) is 0 Å². The SMILES string of the molecule is COc1cc(N[C@H]2CC[C@@H](Cc3nnc(C)o3)C2)ncn1. The topological polar surface area (TPSA) is 86.0 Å². The largest absolute Gasteiger partial charge is 0.481 e. The molecule has 21 heavy (non-hydrogen) atoms. The minimum absolute atomic E-state index is 0.415. The zero-order chi connectivity index (χ0) is 14.7. The van der Waals surface area contributed by atoms with Gasteiger partial charge in [0.15, 0.2) is 0 Å². The molecule has 0 aromatic carbocycles. The molecule has 1 N–H and O–H groups in total. The number of ether oxygens (including phenoxy) is 1. The number of nitrogens with zero attached hydrogens (tertiary/aromatic N) is 4. The standard InChI is InChI=1S/C14H19N5O2/c1-9-18-19-14(21-9)6-10-3-4-11(5-10)17-12-7-13(20-2)16-8-15-12/h7-8,10-11H,3-6H2,1-2H3,(H,15,16,17)/t10-,11+/m1/s1. The first-order valence-corrected chi connectivity index (χ1v) is 7.14. The summed E-state index contributed by atoms with van der Waals surface area (Å²) < 4.78 is 10.6. The molecule has 1 fully saturated rings. The van der Waals surface area contributed by atoms with Gasteiger partial charge in [0.25, 0.3) is 0 Å². The highest BCUT2D eigenvalue weighted by atomic mass is 16.5. The summed E-state index contributed by atoms with van der Waals surface area (Å²) in [5, 5.41) is 11.4. The normalized spacial score (nSPS) is 21.4. The lowest BCUT2D eigenvalue weighted by atomic mass is 10.0. The first-order valence-electron chi connectivity index (χ1n) is 7.14. The number of hydrogen-bond donors (Lipinski definition) is 1. The van der Waals surface area contributed by atoms with Gasteiger partial charge in [-0.2, -0.15) is 0 Å². The molecule has 2 aromatic heterocycles. The molecule has 7 heteroatoms. The Morgan fingerprint density at radius 3 is 3.00 bits per heavy atom. The van der Waals surface area contributed by atoms with Gasteiger partial charge >= 0.3 is 0 Å². The van der Waals surface area contributed by atoms with Crippen LogP contribution in [-0.4, -0.2) is 33.3 Å². The van der Waals surface area contributed by atoms with Crippen molar-refractivity contribution in [1.82, 2.24) is 20.2 Å². The minimum Gasteiger partial charge on any atom is -0.481 e. The number of methoxy groups -OCH3 is 1. The van der Waals surface area contributed by atoms with Crippen LogP contribution in [0.1, 0.15) is 31.0 Å². The molecule has 1 aliphatic rings. The van der Waals surface area contributed by atoms with Crippen LogP contribution >= 0.6 is 0 Å². The maximum atomic E-state index is 5.45. The zero-order valence-electron chi connectivity index (χ0n) is 12.2. The third-order valence-electron chi connectivity index (χ3n) is 3.78. The summed E-state index contributed by atoms with van der Waals surface area (Å²) in [7, 11) is 1.60. The molecule has 112 valence electrons. The molecular formula is C14H19N5O2. The molecule has 0 unspecified atom stereocenters. The molecule has 1 aliphatic carbocycles. The van der Waals surface area contributed by atoms with Gasteiger partial charge in [0.05, 0.1) is 7.11 Å². The molecule has 2 heterocycles. The smallest absolute Gasteiger partial charge is 0.218 e. The number of nitrogens with one attached hydrogen (secondary N) is 1. The van der Waals surface area contributed by atoms with E-state index in [0.717, 1.165) is 37.4 Å². The first-order chi connectivity index (χ1) is 10.2. The Hall–Kier alpha value is -2.18. The van der Waals surface area contributed by atoms with Gasteiger partial charge in [0.2, 0.25) is 17.7 Å². The summed E-state index contributed by atoms with van der Waals surface area (Å²) in [6.07, 6.45) is 5.71. The highest BCUT2D eigenvalue weighted by Gasteiger charge is 2.26. The molecular weight excluding hydrogens is 270 g/mol. The third kappa shape index (κ3) is 3.48. The van der Waals surface area contributed by atoms with Crippen molar-refractivity contribution in [1.29, 1.82) is 0 Å². The van der Waals surface area contributed by atoms with E-state index in [4.69, 9.17) is 9.15 Å². The van der Waals surface area contributed by atoms with Crippen molar-refractivity contribution in [2.24, 2.45) is 5.92 Å². The minimum atomic E-state index is 0.415. The summed E-state index contributed by atoms with van der Waals surface area (Å²) in [5.74, 6) is 3.32. The Morgan fingerprint density at radius 2 is 2.24 bits per heavy atom. The van der Waals surface area contributed by atoms with E-state index in [2.05, 4.69) is 25.5 Å². The second kappa shape index (κ2) is 6.07. The molecule has 0 spiro atoms. The van der Waals surface area contributed by atoms with Gasteiger partial charge in [-0.05, 0) is 25.2 Å². The second-order valence-electron chi connectivity index (χ2n) is 5.38. The fourth-order valence-corrected chi connectivity index (χ4v) is 2.80. The van der Waals surface area contributed by atoms with Crippen molar-refractivity contribution >= 4 is 5.82 Å². The van der Waals surface area contributed by atoms with E-state index in [1.54, 1.807) is 7.11 Å². The first kappa shape index (κ1) is 13.8. The van der Waals surface area contributed by atoms with Gasteiger partial charge < -0.3 is 14.5 Å². The molecule has 2 aromatic rings. The molecule has 0 aliphatic heterocycles. The quantitative estimate of drug-likeness (QED) is 0.900. The monoisotopic (exact) mass is 289 g/mol. The van der Waals surface area contributed by atoms with Crippen LogP contribution in [0.2, 0.25) is 0 Å². The van der Waals surface area contributed by atoms with Crippen molar-refractivity contribution in [2.45, 2.75) is 38.6 Å². The molecule has 1 saturated carbocycles. The van der Waals surface area contributed by atoms with Crippen molar-refractivity contribution in [2.75, 3.05) is 12.4 Å². The van der Waals surface area contributed by atoms with Crippen LogP contribution in [0.5, 0.6) is 5.88 Å². The van der Waals surface area contributed by atoms with Crippen LogP contribution in [0.4, 0.5) is 5.82 Å². The van der Waals surface area contributed by atoms with E-state index < -0.39 is 0 Å². The van der Waals surface area contributed by atoms with Crippen molar-refractivity contribution in [3.63, 3.8) is 0 Å². The number of aromatic nitrogens is 4. The van der Waals surface area contributed by atoms with Crippen LogP contribution in [0, 0.1) is 12.8 Å². The van der Waals surface area contributed by atoms with E-state index in [1.165, 1.54) is 6.33 Å². The molecule has 0 amide bonds. The van der Waals surface area contributed by atoms with Crippen LogP contribution < -0.4 is 10.1 Å². The zero-order valence-corrected chi connectivity index (χ0v) is 12.2. The molecule has 0 bridgehead atoms. The highest BCUT2D eigenvalue weighted by Crippen LogP contribution is 2.30. The summed E-state index contributed by atoms with van der Waals surface area (Å²) in [5.41, 5.74) is 0. The van der Waals surface area contributed by atoms with Crippen LogP contribution in [-0.2, 0) is 6.42 Å². The summed E-state index contributed by atoms with van der Waals surface area (Å²) in [6.45, 7) is 1.82. The number of rotatable bonds is 5. The summed E-state index contributed by atoms with van der Waals surface area (Å²) in [6, 6.07) is 2.23. The van der Waals surface area contributed by atoms with Crippen molar-refractivity contribution in [3.05, 3.63) is 24.2 Å². The van der Waals surface area contributed by atoms with Gasteiger partial charge in [-0.3, -0.25) is 0 Å². The summed E-state index contributed by atoms with van der Waals surface area (Å²) >= 11 is 0. The average molecular weight is 289 g/mol. The van der Waals surface area contributed by atoms with Gasteiger partial charge in [-0.25, -0.2) is 9.97 Å². The Balaban J connectivity index is 1.54. The fourth-order valence-electron chi connectivity index (χ4n) is 2.80. The van der Waals surface area contributed by atoms with E-state index in [9.17, 15) is 0 Å². The number of hydrogen-bond acceptors (Lipinski definition) is 7. The molecule has 0 radical (unpaired) electrons. The maximum Gasteiger partial charge on any atom is 0.218 e. The maximum absolute atomic E-state index is 5.45. The van der Waals surface area contributed by atoms with E-state index in [0.29, 0.717) is 23.7 Å². The Labute approximate surface area is 123 Å². The third-order valence-corrected chi connectivity index (χ3v) is 3.78. The Kier molecular flexibility index (Phi) is 3.98. The van der Waals surface area contributed by atoms with Crippen LogP contribution in [0.15, 0.2) is 16.8 Å². The van der Waals surface area contributed by atoms with Gasteiger partial charge in [-0.1, -0.05) is 0 Å². The lowest BCUT2D eigenvalue weighted by molar-refractivity contribution is 0.397. The Morgan fingerprint density at radius 1 is 1.33 bits per heavy atom. The number of anilines is 1. The lowest BCUT2D eigenvalue weighted by Crippen LogP contribution is -2.17. The molecule has 2 atom stereocenters. The lowest BCUT2D eigenvalue weighted by Gasteiger charge is -2.13. The van der Waals surface area contributed by atoms with Crippen molar-refractivity contribution < 1.29 is 9.15 Å².